The molecule has 0 saturated heterocycles. The van der Waals surface area contributed by atoms with Gasteiger partial charge in [0.2, 0.25) is 10.0 Å². The average Bonchev–Trinajstić information content (AvgIpc) is 2.43. The molecule has 5 nitrogen and oxygen atoms in total. The van der Waals surface area contributed by atoms with Crippen molar-refractivity contribution in [2.45, 2.75) is 14.8 Å². The van der Waals surface area contributed by atoms with Crippen molar-refractivity contribution in [1.82, 2.24) is 9.29 Å². The molecule has 0 spiro atoms. The van der Waals surface area contributed by atoms with E-state index in [1.54, 1.807) is 24.3 Å². The number of benzene rings is 1. The molecule has 0 fully saturated rings. The Morgan fingerprint density at radius 3 is 2.52 bits per heavy atom. The molecule has 0 atom stereocenters. The molecular formula is C13H14ClN3O2S2. The minimum absolute atomic E-state index is 0.0893. The molecule has 0 aliphatic heterocycles. The fourth-order valence-electron chi connectivity index (χ4n) is 1.57. The first-order valence-electron chi connectivity index (χ1n) is 5.93. The number of halogens is 1. The number of rotatable bonds is 4. The van der Waals surface area contributed by atoms with E-state index in [2.05, 4.69) is 4.98 Å². The van der Waals surface area contributed by atoms with E-state index in [0.29, 0.717) is 14.9 Å². The Morgan fingerprint density at radius 2 is 1.95 bits per heavy atom. The van der Waals surface area contributed by atoms with Crippen LogP contribution in [0.3, 0.4) is 0 Å². The minimum atomic E-state index is -3.58. The molecule has 21 heavy (non-hydrogen) atoms. The lowest BCUT2D eigenvalue weighted by atomic mass is 10.3. The van der Waals surface area contributed by atoms with Crippen molar-refractivity contribution < 1.29 is 8.42 Å². The largest absolute Gasteiger partial charge is 0.397 e. The highest BCUT2D eigenvalue weighted by molar-refractivity contribution is 7.99. The van der Waals surface area contributed by atoms with Crippen LogP contribution in [0, 0.1) is 0 Å². The first-order valence-corrected chi connectivity index (χ1v) is 8.56. The summed E-state index contributed by atoms with van der Waals surface area (Å²) in [4.78, 5) is 4.88. The van der Waals surface area contributed by atoms with Gasteiger partial charge in [0, 0.05) is 25.2 Å². The predicted octanol–water partition coefficient (Wildman–Crippen LogP) is 2.72. The second kappa shape index (κ2) is 6.23. The Labute approximate surface area is 133 Å². The topological polar surface area (TPSA) is 76.3 Å². The molecule has 0 bridgehead atoms. The highest BCUT2D eigenvalue weighted by atomic mass is 35.5. The van der Waals surface area contributed by atoms with Gasteiger partial charge in [0.05, 0.1) is 10.7 Å². The number of hydrogen-bond acceptors (Lipinski definition) is 5. The standard InChI is InChI=1S/C13H14ClN3O2S2/c1-17(2)21(18,19)11-5-3-4-10(13(11)15)20-12-7-6-9(14)8-16-12/h3-8H,15H2,1-2H3. The van der Waals surface area contributed by atoms with Crippen molar-refractivity contribution in [2.24, 2.45) is 0 Å². The summed E-state index contributed by atoms with van der Waals surface area (Å²) in [5.74, 6) is 0. The molecule has 0 amide bonds. The van der Waals surface area contributed by atoms with Gasteiger partial charge in [0.25, 0.3) is 0 Å². The van der Waals surface area contributed by atoms with Crippen LogP contribution in [0.1, 0.15) is 0 Å². The maximum atomic E-state index is 12.2. The summed E-state index contributed by atoms with van der Waals surface area (Å²) in [7, 11) is -0.640. The van der Waals surface area contributed by atoms with Gasteiger partial charge >= 0.3 is 0 Å². The zero-order valence-corrected chi connectivity index (χ0v) is 13.8. The first-order chi connectivity index (χ1) is 9.82. The predicted molar refractivity (Wildman–Crippen MR) is 85.1 cm³/mol. The maximum absolute atomic E-state index is 12.2. The second-order valence-corrected chi connectivity index (χ2v) is 7.99. The van der Waals surface area contributed by atoms with E-state index in [-0.39, 0.29) is 10.6 Å². The Hall–Kier alpha value is -1.28. The van der Waals surface area contributed by atoms with Crippen LogP contribution < -0.4 is 5.73 Å². The van der Waals surface area contributed by atoms with E-state index in [1.807, 2.05) is 0 Å². The molecule has 0 aliphatic rings. The molecular weight excluding hydrogens is 330 g/mol. The van der Waals surface area contributed by atoms with Crippen LogP contribution in [-0.4, -0.2) is 31.8 Å². The normalized spacial score (nSPS) is 11.8. The van der Waals surface area contributed by atoms with Crippen molar-refractivity contribution in [2.75, 3.05) is 19.8 Å². The fraction of sp³-hybridized carbons (Fsp3) is 0.154. The van der Waals surface area contributed by atoms with E-state index >= 15 is 0 Å². The van der Waals surface area contributed by atoms with Crippen molar-refractivity contribution in [1.29, 1.82) is 0 Å². The molecule has 1 aromatic heterocycles. The molecule has 0 radical (unpaired) electrons. The highest BCUT2D eigenvalue weighted by Gasteiger charge is 2.22. The molecule has 2 aromatic rings. The number of pyridine rings is 1. The van der Waals surface area contributed by atoms with Crippen molar-refractivity contribution in [3.63, 3.8) is 0 Å². The first kappa shape index (κ1) is 16.1. The van der Waals surface area contributed by atoms with Crippen molar-refractivity contribution >= 4 is 39.1 Å². The lowest BCUT2D eigenvalue weighted by Gasteiger charge is -2.15. The van der Waals surface area contributed by atoms with Gasteiger partial charge in [-0.1, -0.05) is 29.4 Å². The fourth-order valence-corrected chi connectivity index (χ4v) is 3.61. The van der Waals surface area contributed by atoms with Gasteiger partial charge in [-0.05, 0) is 24.3 Å². The van der Waals surface area contributed by atoms with Crippen LogP contribution >= 0.6 is 23.4 Å². The van der Waals surface area contributed by atoms with Gasteiger partial charge in [-0.3, -0.25) is 0 Å². The highest BCUT2D eigenvalue weighted by Crippen LogP contribution is 2.35. The number of sulfonamides is 1. The van der Waals surface area contributed by atoms with Gasteiger partial charge in [-0.15, -0.1) is 0 Å². The lowest BCUT2D eigenvalue weighted by molar-refractivity contribution is 0.521. The average molecular weight is 344 g/mol. The molecule has 2 rings (SSSR count). The molecule has 0 aliphatic carbocycles. The van der Waals surface area contributed by atoms with Crippen LogP contribution in [0.5, 0.6) is 0 Å². The van der Waals surface area contributed by atoms with Gasteiger partial charge in [-0.2, -0.15) is 0 Å². The van der Waals surface area contributed by atoms with Gasteiger partial charge in [0.15, 0.2) is 0 Å². The zero-order chi connectivity index (χ0) is 15.6. The number of aromatic nitrogens is 1. The van der Waals surface area contributed by atoms with E-state index in [1.165, 1.54) is 38.1 Å². The smallest absolute Gasteiger partial charge is 0.244 e. The summed E-state index contributed by atoms with van der Waals surface area (Å²) < 4.78 is 25.5. The van der Waals surface area contributed by atoms with Crippen molar-refractivity contribution in [3.8, 4) is 0 Å². The number of anilines is 1. The third-order valence-electron chi connectivity index (χ3n) is 2.70. The number of nitrogen functional groups attached to an aromatic ring is 1. The lowest BCUT2D eigenvalue weighted by Crippen LogP contribution is -2.23. The van der Waals surface area contributed by atoms with Crippen LogP contribution in [-0.2, 0) is 10.0 Å². The molecule has 1 heterocycles. The van der Waals surface area contributed by atoms with E-state index in [4.69, 9.17) is 17.3 Å². The van der Waals surface area contributed by atoms with E-state index < -0.39 is 10.0 Å². The quantitative estimate of drug-likeness (QED) is 0.864. The van der Waals surface area contributed by atoms with E-state index in [0.717, 1.165) is 4.31 Å². The Kier molecular flexibility index (Phi) is 4.77. The molecule has 8 heteroatoms. The SMILES string of the molecule is CN(C)S(=O)(=O)c1cccc(Sc2ccc(Cl)cn2)c1N. The molecule has 1 aromatic carbocycles. The monoisotopic (exact) mass is 343 g/mol. The summed E-state index contributed by atoms with van der Waals surface area (Å²) >= 11 is 7.07. The summed E-state index contributed by atoms with van der Waals surface area (Å²) in [6, 6.07) is 8.37. The van der Waals surface area contributed by atoms with Crippen LogP contribution in [0.4, 0.5) is 5.69 Å². The summed E-state index contributed by atoms with van der Waals surface area (Å²) in [5.41, 5.74) is 6.22. The maximum Gasteiger partial charge on any atom is 0.244 e. The Balaban J connectivity index is 2.41. The molecule has 0 saturated carbocycles. The Bertz CT molecular complexity index is 747. The molecule has 112 valence electrons. The van der Waals surface area contributed by atoms with E-state index in [9.17, 15) is 8.42 Å². The van der Waals surface area contributed by atoms with Crippen LogP contribution in [0.15, 0.2) is 51.3 Å². The minimum Gasteiger partial charge on any atom is -0.397 e. The van der Waals surface area contributed by atoms with Crippen molar-refractivity contribution in [3.05, 3.63) is 41.6 Å². The summed E-state index contributed by atoms with van der Waals surface area (Å²) in [5, 5.41) is 1.22. The number of nitrogens with two attached hydrogens (primary N) is 1. The van der Waals surface area contributed by atoms with Crippen LogP contribution in [0.2, 0.25) is 5.02 Å². The van der Waals surface area contributed by atoms with Gasteiger partial charge < -0.3 is 5.73 Å². The second-order valence-electron chi connectivity index (χ2n) is 4.37. The van der Waals surface area contributed by atoms with Gasteiger partial charge in [0.1, 0.15) is 9.92 Å². The van der Waals surface area contributed by atoms with Gasteiger partial charge in [-0.25, -0.2) is 17.7 Å². The number of hydrogen-bond donors (Lipinski definition) is 1. The third kappa shape index (κ3) is 3.49. The Morgan fingerprint density at radius 1 is 1.24 bits per heavy atom. The zero-order valence-electron chi connectivity index (χ0n) is 11.4. The number of nitrogens with zero attached hydrogens (tertiary/aromatic N) is 2. The summed E-state index contributed by atoms with van der Waals surface area (Å²) in [6.45, 7) is 0. The third-order valence-corrected chi connectivity index (χ3v) is 5.82. The molecule has 2 N–H and O–H groups in total. The number of para-hydroxylation sites is 1. The summed E-state index contributed by atoms with van der Waals surface area (Å²) in [6.07, 6.45) is 1.53. The van der Waals surface area contributed by atoms with Crippen LogP contribution in [0.25, 0.3) is 0 Å². The molecule has 0 unspecified atom stereocenters.